The number of halogens is 1. The van der Waals surface area contributed by atoms with E-state index in [0.29, 0.717) is 41.1 Å². The van der Waals surface area contributed by atoms with E-state index in [4.69, 9.17) is 4.74 Å². The summed E-state index contributed by atoms with van der Waals surface area (Å²) in [5, 5.41) is 2.81. The molecule has 0 saturated carbocycles. The van der Waals surface area contributed by atoms with Gasteiger partial charge in [0.15, 0.2) is 0 Å². The minimum Gasteiger partial charge on any atom is -0.462 e. The average Bonchev–Trinajstić information content (AvgIpc) is 3.17. The van der Waals surface area contributed by atoms with Gasteiger partial charge in [0.05, 0.1) is 17.7 Å². The first-order chi connectivity index (χ1) is 12.7. The van der Waals surface area contributed by atoms with E-state index in [1.807, 2.05) is 20.8 Å². The molecule has 0 spiro atoms. The van der Waals surface area contributed by atoms with Crippen LogP contribution in [0.2, 0.25) is 0 Å². The van der Waals surface area contributed by atoms with Gasteiger partial charge in [-0.2, -0.15) is 0 Å². The third kappa shape index (κ3) is 2.51. The van der Waals surface area contributed by atoms with Crippen molar-refractivity contribution in [3.05, 3.63) is 52.1 Å². The molecule has 0 atom stereocenters. The van der Waals surface area contributed by atoms with Gasteiger partial charge in [-0.15, -0.1) is 0 Å². The van der Waals surface area contributed by atoms with Crippen molar-refractivity contribution < 1.29 is 18.7 Å². The van der Waals surface area contributed by atoms with Gasteiger partial charge in [0.2, 0.25) is 0 Å². The number of allylic oxidation sites excluding steroid dienone is 1. The molecule has 1 aromatic carbocycles. The van der Waals surface area contributed by atoms with Gasteiger partial charge in [-0.1, -0.05) is 13.8 Å². The Balaban J connectivity index is 1.97. The molecular weight excluding hydrogens is 347 g/mol. The van der Waals surface area contributed by atoms with Gasteiger partial charge in [0, 0.05) is 22.6 Å². The number of anilines is 1. The maximum Gasteiger partial charge on any atom is 0.340 e. The van der Waals surface area contributed by atoms with E-state index in [-0.39, 0.29) is 17.3 Å². The lowest BCUT2D eigenvalue weighted by Gasteiger charge is -2.19. The average molecular weight is 368 g/mol. The largest absolute Gasteiger partial charge is 0.462 e. The van der Waals surface area contributed by atoms with E-state index in [1.54, 1.807) is 13.0 Å². The molecule has 1 aliphatic heterocycles. The number of nitrogens with one attached hydrogen (secondary N) is 2. The molecule has 0 unspecified atom stereocenters. The zero-order valence-corrected chi connectivity index (χ0v) is 15.7. The van der Waals surface area contributed by atoms with Crippen molar-refractivity contribution in [2.75, 3.05) is 11.9 Å². The Bertz CT molecular complexity index is 1030. The fourth-order valence-electron chi connectivity index (χ4n) is 4.26. The van der Waals surface area contributed by atoms with Gasteiger partial charge < -0.3 is 15.0 Å². The third-order valence-electron chi connectivity index (χ3n) is 5.29. The second-order valence-corrected chi connectivity index (χ2v) is 7.65. The van der Waals surface area contributed by atoms with E-state index in [0.717, 1.165) is 16.8 Å². The first-order valence-electron chi connectivity index (χ1n) is 8.99. The number of hydrogen-bond donors (Lipinski definition) is 2. The van der Waals surface area contributed by atoms with Crippen LogP contribution in [0.3, 0.4) is 0 Å². The summed E-state index contributed by atoms with van der Waals surface area (Å²) in [4.78, 5) is 28.5. The summed E-state index contributed by atoms with van der Waals surface area (Å²) in [5.41, 5.74) is 4.94. The fraction of sp³-hybridized carbons (Fsp3) is 0.333. The standard InChI is InChI=1S/C21H21FN2O3/c1-5-27-20(26)15-10(2)23-18-13(9-21(3,4)17(15)18)16-12-8-11(22)6-7-14(12)24-19(16)25/h6-8,23H,5,9H2,1-4H3,(H,24,25)/b16-13-. The molecule has 2 N–H and O–H groups in total. The summed E-state index contributed by atoms with van der Waals surface area (Å²) < 4.78 is 19.1. The van der Waals surface area contributed by atoms with E-state index in [2.05, 4.69) is 10.3 Å². The van der Waals surface area contributed by atoms with Crippen LogP contribution in [-0.2, 0) is 14.9 Å². The van der Waals surface area contributed by atoms with Crippen molar-refractivity contribution in [1.82, 2.24) is 4.98 Å². The summed E-state index contributed by atoms with van der Waals surface area (Å²) >= 11 is 0. The van der Waals surface area contributed by atoms with E-state index in [9.17, 15) is 14.0 Å². The molecule has 4 rings (SSSR count). The summed E-state index contributed by atoms with van der Waals surface area (Å²) in [7, 11) is 0. The van der Waals surface area contributed by atoms with Crippen LogP contribution >= 0.6 is 0 Å². The number of H-pyrrole nitrogens is 1. The highest BCUT2D eigenvalue weighted by atomic mass is 19.1. The van der Waals surface area contributed by atoms with Crippen LogP contribution in [0.1, 0.15) is 60.1 Å². The number of amides is 1. The zero-order valence-electron chi connectivity index (χ0n) is 15.7. The van der Waals surface area contributed by atoms with Crippen LogP contribution in [0.25, 0.3) is 11.1 Å². The maximum atomic E-state index is 13.8. The van der Waals surface area contributed by atoms with Crippen molar-refractivity contribution >= 4 is 28.7 Å². The van der Waals surface area contributed by atoms with Gasteiger partial charge in [-0.25, -0.2) is 9.18 Å². The predicted octanol–water partition coefficient (Wildman–Crippen LogP) is 4.18. The number of hydrogen-bond acceptors (Lipinski definition) is 3. The van der Waals surface area contributed by atoms with Crippen molar-refractivity contribution in [2.24, 2.45) is 0 Å². The second kappa shape index (κ2) is 5.81. The van der Waals surface area contributed by atoms with Gasteiger partial charge in [0.25, 0.3) is 5.91 Å². The topological polar surface area (TPSA) is 71.2 Å². The molecule has 140 valence electrons. The van der Waals surface area contributed by atoms with Crippen LogP contribution < -0.4 is 5.32 Å². The van der Waals surface area contributed by atoms with E-state index in [1.165, 1.54) is 12.1 Å². The number of ether oxygens (including phenoxy) is 1. The Morgan fingerprint density at radius 3 is 2.78 bits per heavy atom. The number of carbonyl (C=O) groups excluding carboxylic acids is 2. The van der Waals surface area contributed by atoms with Crippen LogP contribution in [-0.4, -0.2) is 23.5 Å². The Morgan fingerprint density at radius 2 is 2.07 bits per heavy atom. The highest BCUT2D eigenvalue weighted by Crippen LogP contribution is 2.51. The Hall–Kier alpha value is -2.89. The van der Waals surface area contributed by atoms with Gasteiger partial charge in [-0.3, -0.25) is 4.79 Å². The maximum absolute atomic E-state index is 13.8. The monoisotopic (exact) mass is 368 g/mol. The van der Waals surface area contributed by atoms with E-state index < -0.39 is 5.82 Å². The van der Waals surface area contributed by atoms with Crippen LogP contribution in [0.4, 0.5) is 10.1 Å². The molecule has 2 aliphatic rings. The molecule has 2 aromatic rings. The first-order valence-corrected chi connectivity index (χ1v) is 8.99. The zero-order chi connectivity index (χ0) is 19.5. The Labute approximate surface area is 156 Å². The Kier molecular flexibility index (Phi) is 3.77. The number of rotatable bonds is 2. The predicted molar refractivity (Wildman–Crippen MR) is 101 cm³/mol. The quantitative estimate of drug-likeness (QED) is 0.617. The normalized spacial score (nSPS) is 19.7. The smallest absolute Gasteiger partial charge is 0.340 e. The molecule has 1 aromatic heterocycles. The van der Waals surface area contributed by atoms with Gasteiger partial charge >= 0.3 is 5.97 Å². The van der Waals surface area contributed by atoms with Crippen molar-refractivity contribution in [3.63, 3.8) is 0 Å². The van der Waals surface area contributed by atoms with Crippen molar-refractivity contribution in [1.29, 1.82) is 0 Å². The van der Waals surface area contributed by atoms with Crippen molar-refractivity contribution in [2.45, 2.75) is 39.5 Å². The van der Waals surface area contributed by atoms with Crippen LogP contribution in [0, 0.1) is 12.7 Å². The molecule has 1 aliphatic carbocycles. The third-order valence-corrected chi connectivity index (χ3v) is 5.29. The molecular formula is C21H21FN2O3. The number of aromatic amines is 1. The van der Waals surface area contributed by atoms with Crippen molar-refractivity contribution in [3.8, 4) is 0 Å². The number of benzene rings is 1. The first kappa shape index (κ1) is 17.5. The molecule has 0 saturated heterocycles. The summed E-state index contributed by atoms with van der Waals surface area (Å²) in [6.07, 6.45) is 0.569. The van der Waals surface area contributed by atoms with E-state index >= 15 is 0 Å². The number of aromatic nitrogens is 1. The number of aryl methyl sites for hydroxylation is 1. The Morgan fingerprint density at radius 1 is 1.33 bits per heavy atom. The SMILES string of the molecule is CCOC(=O)c1c(C)[nH]c2c1C(C)(C)C/C2=C1/C(=O)Nc2ccc(F)cc21. The lowest BCUT2D eigenvalue weighted by molar-refractivity contribution is -0.110. The summed E-state index contributed by atoms with van der Waals surface area (Å²) in [6.45, 7) is 7.96. The minimum atomic E-state index is -0.393. The summed E-state index contributed by atoms with van der Waals surface area (Å²) in [6, 6.07) is 4.28. The molecule has 1 amide bonds. The second-order valence-electron chi connectivity index (χ2n) is 7.65. The molecule has 0 fully saturated rings. The van der Waals surface area contributed by atoms with Gasteiger partial charge in [0.1, 0.15) is 5.82 Å². The lowest BCUT2D eigenvalue weighted by Crippen LogP contribution is -2.18. The molecule has 27 heavy (non-hydrogen) atoms. The number of carbonyl (C=O) groups is 2. The summed E-state index contributed by atoms with van der Waals surface area (Å²) in [5.74, 6) is -1.01. The minimum absolute atomic E-state index is 0.251. The highest BCUT2D eigenvalue weighted by molar-refractivity contribution is 6.37. The molecule has 0 radical (unpaired) electrons. The lowest BCUT2D eigenvalue weighted by atomic mass is 9.84. The van der Waals surface area contributed by atoms with Crippen LogP contribution in [0.5, 0.6) is 0 Å². The highest BCUT2D eigenvalue weighted by Gasteiger charge is 2.43. The fourth-order valence-corrected chi connectivity index (χ4v) is 4.26. The number of fused-ring (bicyclic) bond motifs is 2. The van der Waals surface area contributed by atoms with Crippen LogP contribution in [0.15, 0.2) is 18.2 Å². The van der Waals surface area contributed by atoms with Gasteiger partial charge in [-0.05, 0) is 55.0 Å². The molecule has 2 heterocycles. The molecule has 6 heteroatoms. The molecule has 5 nitrogen and oxygen atoms in total. The molecule has 0 bridgehead atoms. The number of esters is 1.